The number of piperidine rings is 1. The summed E-state index contributed by atoms with van der Waals surface area (Å²) in [5, 5.41) is 0.933. The molecule has 2 aliphatic heterocycles. The summed E-state index contributed by atoms with van der Waals surface area (Å²) < 4.78 is 12.8. The van der Waals surface area contributed by atoms with Crippen LogP contribution < -0.4 is 9.64 Å². The third kappa shape index (κ3) is 7.07. The summed E-state index contributed by atoms with van der Waals surface area (Å²) in [6, 6.07) is 19.1. The Kier molecular flexibility index (Phi) is 9.79. The first-order valence-electron chi connectivity index (χ1n) is 16.3. The van der Waals surface area contributed by atoms with Crippen LogP contribution in [0.2, 0.25) is 0 Å². The molecule has 11 nitrogen and oxygen atoms in total. The molecule has 1 saturated heterocycles. The molecule has 5 heterocycles. The Morgan fingerprint density at radius 2 is 1.78 bits per heavy atom. The number of likely N-dealkylation sites (tertiary alicyclic amines) is 1. The number of likely N-dealkylation sites (N-methyl/N-ethyl adjacent to an activating group) is 1. The van der Waals surface area contributed by atoms with Gasteiger partial charge in [0.1, 0.15) is 29.2 Å². The van der Waals surface area contributed by atoms with Crippen LogP contribution in [0.15, 0.2) is 78.0 Å². The molecule has 256 valence electrons. The summed E-state index contributed by atoms with van der Waals surface area (Å²) in [7, 11) is 5.41. The van der Waals surface area contributed by atoms with Crippen LogP contribution in [0.25, 0.3) is 32.0 Å². The molecular formula is C37H36N6O5S2. The second-order valence-electron chi connectivity index (χ2n) is 12.3. The highest BCUT2D eigenvalue weighted by atomic mass is 32.2. The number of carbonyl (C=O) groups is 3. The SMILES string of the molecule is CN1C(=O)CCC(N2Cc3cc(OCCOCCSc4ccc5nc(-c6ccc(-c7ccc(N(C)C)nc7)nc6)sc5c4)ccc3C2=O)C1=O. The first-order valence-corrected chi connectivity index (χ1v) is 18.1. The van der Waals surface area contributed by atoms with Crippen molar-refractivity contribution in [2.75, 3.05) is 51.6 Å². The number of anilines is 1. The van der Waals surface area contributed by atoms with E-state index in [1.807, 2.05) is 55.7 Å². The Bertz CT molecular complexity index is 2050. The van der Waals surface area contributed by atoms with Gasteiger partial charge in [-0.25, -0.2) is 9.97 Å². The zero-order valence-electron chi connectivity index (χ0n) is 28.0. The number of fused-ring (bicyclic) bond motifs is 2. The molecule has 5 aromatic rings. The molecule has 3 amide bonds. The van der Waals surface area contributed by atoms with Crippen LogP contribution in [0.3, 0.4) is 0 Å². The van der Waals surface area contributed by atoms with Crippen LogP contribution in [0, 0.1) is 0 Å². The van der Waals surface area contributed by atoms with Crippen LogP contribution in [-0.4, -0.2) is 95.2 Å². The Labute approximate surface area is 298 Å². The van der Waals surface area contributed by atoms with Crippen molar-refractivity contribution in [3.05, 3.63) is 84.2 Å². The highest BCUT2D eigenvalue weighted by molar-refractivity contribution is 7.99. The second-order valence-corrected chi connectivity index (χ2v) is 14.5. The van der Waals surface area contributed by atoms with Gasteiger partial charge in [-0.1, -0.05) is 0 Å². The number of carbonyl (C=O) groups excluding carboxylic acids is 3. The molecule has 0 radical (unpaired) electrons. The minimum atomic E-state index is -0.619. The van der Waals surface area contributed by atoms with Crippen LogP contribution in [-0.2, 0) is 20.9 Å². The fraction of sp³-hybridized carbons (Fsp3) is 0.297. The molecule has 0 aliphatic carbocycles. The predicted octanol–water partition coefficient (Wildman–Crippen LogP) is 5.78. The first kappa shape index (κ1) is 33.6. The lowest BCUT2D eigenvalue weighted by molar-refractivity contribution is -0.150. The van der Waals surface area contributed by atoms with Gasteiger partial charge in [-0.05, 0) is 72.6 Å². The topological polar surface area (TPSA) is 118 Å². The van der Waals surface area contributed by atoms with E-state index >= 15 is 0 Å². The van der Waals surface area contributed by atoms with Crippen molar-refractivity contribution in [1.29, 1.82) is 0 Å². The highest BCUT2D eigenvalue weighted by Gasteiger charge is 2.41. The fourth-order valence-electron chi connectivity index (χ4n) is 6.00. The maximum Gasteiger partial charge on any atom is 0.255 e. The summed E-state index contributed by atoms with van der Waals surface area (Å²) in [5.41, 5.74) is 5.17. The first-order chi connectivity index (χ1) is 24.2. The van der Waals surface area contributed by atoms with E-state index < -0.39 is 6.04 Å². The van der Waals surface area contributed by atoms with Gasteiger partial charge in [0.05, 0.1) is 29.1 Å². The molecule has 1 atom stereocenters. The van der Waals surface area contributed by atoms with E-state index in [1.54, 1.807) is 40.1 Å². The summed E-state index contributed by atoms with van der Waals surface area (Å²) in [6.07, 6.45) is 4.31. The number of nitrogens with zero attached hydrogens (tertiary/aromatic N) is 6. The van der Waals surface area contributed by atoms with E-state index in [4.69, 9.17) is 14.5 Å². The average molecular weight is 709 g/mol. The van der Waals surface area contributed by atoms with Crippen LogP contribution in [0.1, 0.15) is 28.8 Å². The highest BCUT2D eigenvalue weighted by Crippen LogP contribution is 2.34. The van der Waals surface area contributed by atoms with Gasteiger partial charge in [-0.2, -0.15) is 0 Å². The number of ether oxygens (including phenoxy) is 2. The predicted molar refractivity (Wildman–Crippen MR) is 195 cm³/mol. The summed E-state index contributed by atoms with van der Waals surface area (Å²) >= 11 is 3.39. The van der Waals surface area contributed by atoms with E-state index in [1.165, 1.54) is 7.05 Å². The molecule has 3 aromatic heterocycles. The van der Waals surface area contributed by atoms with Crippen molar-refractivity contribution in [3.8, 4) is 27.6 Å². The monoisotopic (exact) mass is 708 g/mol. The van der Waals surface area contributed by atoms with Crippen LogP contribution in [0.5, 0.6) is 5.75 Å². The average Bonchev–Trinajstić information content (AvgIpc) is 3.70. The molecule has 2 aromatic carbocycles. The summed E-state index contributed by atoms with van der Waals surface area (Å²) in [4.78, 5) is 57.3. The Morgan fingerprint density at radius 3 is 2.56 bits per heavy atom. The second kappa shape index (κ2) is 14.6. The van der Waals surface area contributed by atoms with Gasteiger partial charge in [0.15, 0.2) is 0 Å². The van der Waals surface area contributed by atoms with Gasteiger partial charge in [0, 0.05) is 73.8 Å². The molecule has 1 unspecified atom stereocenters. The lowest BCUT2D eigenvalue weighted by Crippen LogP contribution is -2.53. The quantitative estimate of drug-likeness (QED) is 0.0898. The zero-order chi connectivity index (χ0) is 34.8. The molecule has 2 aliphatic rings. The van der Waals surface area contributed by atoms with E-state index in [-0.39, 0.29) is 24.1 Å². The van der Waals surface area contributed by atoms with Gasteiger partial charge in [0.2, 0.25) is 5.91 Å². The van der Waals surface area contributed by atoms with Crippen molar-refractivity contribution in [2.24, 2.45) is 0 Å². The van der Waals surface area contributed by atoms with Gasteiger partial charge in [-0.15, -0.1) is 23.1 Å². The van der Waals surface area contributed by atoms with Crippen molar-refractivity contribution < 1.29 is 23.9 Å². The lowest BCUT2D eigenvalue weighted by Gasteiger charge is -2.33. The number of imide groups is 1. The number of thioether (sulfide) groups is 1. The number of pyridine rings is 2. The number of rotatable bonds is 12. The molecule has 0 spiro atoms. The van der Waals surface area contributed by atoms with E-state index in [9.17, 15) is 14.4 Å². The van der Waals surface area contributed by atoms with Gasteiger partial charge >= 0.3 is 0 Å². The molecule has 50 heavy (non-hydrogen) atoms. The van der Waals surface area contributed by atoms with Crippen LogP contribution >= 0.6 is 23.1 Å². The summed E-state index contributed by atoms with van der Waals surface area (Å²) in [5.74, 6) is 1.62. The van der Waals surface area contributed by atoms with Crippen molar-refractivity contribution in [1.82, 2.24) is 24.8 Å². The van der Waals surface area contributed by atoms with Crippen molar-refractivity contribution in [2.45, 2.75) is 30.3 Å². The van der Waals surface area contributed by atoms with Gasteiger partial charge < -0.3 is 19.3 Å². The number of hydrogen-bond acceptors (Lipinski definition) is 11. The van der Waals surface area contributed by atoms with E-state index in [0.717, 1.165) is 59.0 Å². The number of thiazole rings is 1. The molecule has 1 fully saturated rings. The van der Waals surface area contributed by atoms with Gasteiger partial charge in [-0.3, -0.25) is 24.3 Å². The largest absolute Gasteiger partial charge is 0.491 e. The molecule has 0 bridgehead atoms. The minimum absolute atomic E-state index is 0.188. The third-order valence-corrected chi connectivity index (χ3v) is 10.8. The molecule has 7 rings (SSSR count). The van der Waals surface area contributed by atoms with Gasteiger partial charge in [0.25, 0.3) is 11.8 Å². The lowest BCUT2D eigenvalue weighted by atomic mass is 10.0. The third-order valence-electron chi connectivity index (χ3n) is 8.77. The number of amides is 3. The minimum Gasteiger partial charge on any atom is -0.491 e. The van der Waals surface area contributed by atoms with E-state index in [0.29, 0.717) is 44.1 Å². The molecule has 0 N–H and O–H groups in total. The molecule has 13 heteroatoms. The maximum absolute atomic E-state index is 13.0. The van der Waals surface area contributed by atoms with E-state index in [2.05, 4.69) is 34.2 Å². The molecular weight excluding hydrogens is 673 g/mol. The zero-order valence-corrected chi connectivity index (χ0v) is 29.6. The summed E-state index contributed by atoms with van der Waals surface area (Å²) in [6.45, 7) is 1.70. The number of benzene rings is 2. The van der Waals surface area contributed by atoms with Crippen molar-refractivity contribution in [3.63, 3.8) is 0 Å². The maximum atomic E-state index is 13.0. The van der Waals surface area contributed by atoms with Crippen molar-refractivity contribution >= 4 is 56.9 Å². The normalized spacial score (nSPS) is 16.0. The van der Waals surface area contributed by atoms with Crippen LogP contribution in [0.4, 0.5) is 5.82 Å². The smallest absolute Gasteiger partial charge is 0.255 e. The Balaban J connectivity index is 0.853. The number of aromatic nitrogens is 3. The fourth-order valence-corrected chi connectivity index (χ4v) is 7.87. The Hall–Kier alpha value is -4.85. The Morgan fingerprint density at radius 1 is 0.940 bits per heavy atom. The standard InChI is InChI=1S/C37H36N6O5S2/c1-41(2)33-12-5-23(20-39-33)29-9-4-24(21-38-29)35-40-30-10-7-27(19-32(30)50-35)49-17-16-47-14-15-48-26-6-8-28-25(18-26)22-43(36(28)45)31-11-13-34(44)42(3)37(31)46/h4-10,12,18-21,31H,11,13-17,22H2,1-3H3. The number of hydrogen-bond donors (Lipinski definition) is 0. The molecule has 0 saturated carbocycles.